The van der Waals surface area contributed by atoms with Gasteiger partial charge in [-0.25, -0.2) is 4.79 Å². The van der Waals surface area contributed by atoms with Gasteiger partial charge < -0.3 is 5.11 Å². The number of carbonyl (C=O) groups is 1. The minimum Gasteiger partial charge on any atom is -0.477 e. The van der Waals surface area contributed by atoms with Gasteiger partial charge in [0.05, 0.1) is 0 Å². The maximum absolute atomic E-state index is 9.53. The van der Waals surface area contributed by atoms with Gasteiger partial charge in [-0.1, -0.05) is 0 Å². The molecule has 0 spiro atoms. The van der Waals surface area contributed by atoms with Gasteiger partial charge in [0.2, 0.25) is 0 Å². The molecule has 0 saturated heterocycles. The number of nitrogens with two attached hydrogens (primary N) is 1. The minimum atomic E-state index is -1.55. The van der Waals surface area contributed by atoms with Crippen LogP contribution >= 0.6 is 19.5 Å². The van der Waals surface area contributed by atoms with Crippen LogP contribution in [-0.4, -0.2) is 10.8 Å². The summed E-state index contributed by atoms with van der Waals surface area (Å²) in [5, 5.41) is 7.82. The second-order valence-electron chi connectivity index (χ2n) is 0.627. The Kier molecular flexibility index (Phi) is 2.48. The minimum absolute atomic E-state index is 1.03. The Bertz CT molecular complexity index is 64.6. The molecular formula is CH4NO2PS. The first-order valence-corrected chi connectivity index (χ1v) is 3.67. The number of rotatable bonds is 1. The lowest BCUT2D eigenvalue weighted by molar-refractivity contribution is 0.221. The summed E-state index contributed by atoms with van der Waals surface area (Å²) in [5.41, 5.74) is 3.73. The van der Waals surface area contributed by atoms with E-state index in [0.717, 1.165) is 0 Å². The Morgan fingerprint density at radius 2 is 2.17 bits per heavy atom. The zero-order valence-corrected chi connectivity index (χ0v) is 4.62. The average Bonchev–Trinajstić information content (AvgIpc) is 1.36. The summed E-state index contributed by atoms with van der Waals surface area (Å²) >= 11 is 3.44. The Hall–Kier alpha value is 0.210. The summed E-state index contributed by atoms with van der Waals surface area (Å²) in [6, 6.07) is 0. The van der Waals surface area contributed by atoms with E-state index in [2.05, 4.69) is 12.2 Å². The van der Waals surface area contributed by atoms with E-state index in [1.54, 1.807) is 0 Å². The molecule has 0 aromatic carbocycles. The first-order chi connectivity index (χ1) is 2.64. The molecule has 0 aliphatic heterocycles. The predicted octanol–water partition coefficient (Wildman–Crippen LogP) is 0.865. The smallest absolute Gasteiger partial charge is 0.349 e. The Balaban J connectivity index is 3.26. The molecule has 0 rings (SSSR count). The van der Waals surface area contributed by atoms with Gasteiger partial charge in [-0.3, -0.25) is 5.50 Å². The van der Waals surface area contributed by atoms with Gasteiger partial charge in [-0.2, -0.15) is 0 Å². The zero-order chi connectivity index (χ0) is 5.15. The molecule has 0 aromatic heterocycles. The van der Waals surface area contributed by atoms with Gasteiger partial charge in [0.25, 0.3) is 0 Å². The molecule has 0 bridgehead atoms. The summed E-state index contributed by atoms with van der Waals surface area (Å²) in [4.78, 5) is 9.53. The van der Waals surface area contributed by atoms with Crippen LogP contribution in [0, 0.1) is 0 Å². The van der Waals surface area contributed by atoms with E-state index in [-0.39, 0.29) is 0 Å². The fourth-order valence-electron chi connectivity index (χ4n) is 0. The number of hydrogen-bond acceptors (Lipinski definition) is 3. The molecule has 5 heteroatoms. The molecule has 3 N–H and O–H groups in total. The van der Waals surface area contributed by atoms with E-state index in [1.165, 1.54) is 0 Å². The van der Waals surface area contributed by atoms with Gasteiger partial charge in [-0.15, -0.1) is 12.2 Å². The Labute approximate surface area is 41.5 Å². The van der Waals surface area contributed by atoms with Crippen molar-refractivity contribution in [2.45, 2.75) is 0 Å². The number of thiol groups is 1. The number of hydrogen-bond donors (Lipinski definition) is 3. The highest BCUT2D eigenvalue weighted by Crippen LogP contribution is 2.30. The average molecular weight is 125 g/mol. The van der Waals surface area contributed by atoms with Crippen molar-refractivity contribution in [2.24, 2.45) is 5.50 Å². The molecule has 1 atom stereocenters. The molecule has 0 radical (unpaired) electrons. The van der Waals surface area contributed by atoms with Crippen molar-refractivity contribution >= 4 is 25.2 Å². The van der Waals surface area contributed by atoms with Crippen LogP contribution in [0.3, 0.4) is 0 Å². The molecule has 1 unspecified atom stereocenters. The van der Waals surface area contributed by atoms with Crippen LogP contribution < -0.4 is 5.50 Å². The van der Waals surface area contributed by atoms with Gasteiger partial charge in [0, 0.05) is 0 Å². The van der Waals surface area contributed by atoms with E-state index in [4.69, 9.17) is 10.6 Å². The number of carboxylic acid groups (broad SMARTS) is 1. The third kappa shape index (κ3) is 2.45. The lowest BCUT2D eigenvalue weighted by atomic mass is 11.6. The quantitative estimate of drug-likeness (QED) is 0.360. The van der Waals surface area contributed by atoms with Gasteiger partial charge >= 0.3 is 5.71 Å². The molecule has 3 nitrogen and oxygen atoms in total. The molecule has 0 aliphatic rings. The van der Waals surface area contributed by atoms with Crippen LogP contribution in [0.1, 0.15) is 0 Å². The van der Waals surface area contributed by atoms with Gasteiger partial charge in [0.15, 0.2) is 0 Å². The van der Waals surface area contributed by atoms with Crippen molar-refractivity contribution in [3.63, 3.8) is 0 Å². The molecule has 0 heterocycles. The second-order valence-corrected chi connectivity index (χ2v) is 2.99. The van der Waals surface area contributed by atoms with E-state index in [0.29, 0.717) is 0 Å². The van der Waals surface area contributed by atoms with Crippen LogP contribution in [0.15, 0.2) is 0 Å². The van der Waals surface area contributed by atoms with Crippen molar-refractivity contribution in [1.29, 1.82) is 0 Å². The Morgan fingerprint density at radius 1 is 2.00 bits per heavy atom. The SMILES string of the molecule is NP(S)C(=O)O. The van der Waals surface area contributed by atoms with Crippen molar-refractivity contribution in [2.75, 3.05) is 0 Å². The van der Waals surface area contributed by atoms with Crippen LogP contribution in [0.2, 0.25) is 0 Å². The molecule has 36 valence electrons. The summed E-state index contributed by atoms with van der Waals surface area (Å²) in [7, 11) is -1.55. The summed E-state index contributed by atoms with van der Waals surface area (Å²) in [6.45, 7) is 0. The molecule has 0 saturated carbocycles. The topological polar surface area (TPSA) is 63.3 Å². The highest BCUT2D eigenvalue weighted by molar-refractivity contribution is 8.49. The van der Waals surface area contributed by atoms with E-state index in [1.807, 2.05) is 0 Å². The van der Waals surface area contributed by atoms with Gasteiger partial charge in [0.1, 0.15) is 7.27 Å². The van der Waals surface area contributed by atoms with E-state index in [9.17, 15) is 4.79 Å². The van der Waals surface area contributed by atoms with Crippen LogP contribution in [0.25, 0.3) is 0 Å². The fraction of sp³-hybridized carbons (Fsp3) is 0. The van der Waals surface area contributed by atoms with Crippen LogP contribution in [-0.2, 0) is 0 Å². The first kappa shape index (κ1) is 6.21. The maximum Gasteiger partial charge on any atom is 0.349 e. The van der Waals surface area contributed by atoms with Crippen molar-refractivity contribution in [1.82, 2.24) is 0 Å². The van der Waals surface area contributed by atoms with Crippen LogP contribution in [0.5, 0.6) is 0 Å². The molecule has 0 amide bonds. The first-order valence-electron chi connectivity index (χ1n) is 1.11. The Morgan fingerprint density at radius 3 is 2.17 bits per heavy atom. The summed E-state index contributed by atoms with van der Waals surface area (Å²) in [6.07, 6.45) is 0. The largest absolute Gasteiger partial charge is 0.477 e. The van der Waals surface area contributed by atoms with E-state index < -0.39 is 13.0 Å². The van der Waals surface area contributed by atoms with Crippen molar-refractivity contribution < 1.29 is 9.90 Å². The second kappa shape index (κ2) is 2.39. The molecule has 0 aromatic rings. The van der Waals surface area contributed by atoms with Crippen molar-refractivity contribution in [3.05, 3.63) is 0 Å². The zero-order valence-electron chi connectivity index (χ0n) is 2.83. The monoisotopic (exact) mass is 125 g/mol. The molecular weight excluding hydrogens is 121 g/mol. The highest BCUT2D eigenvalue weighted by atomic mass is 32.7. The highest BCUT2D eigenvalue weighted by Gasteiger charge is 2.01. The standard InChI is InChI=1S/CH4NO2PS/c2-5(6)1(3)4/h6H,2H2,(H,3,4). The molecule has 0 fully saturated rings. The third-order valence-electron chi connectivity index (χ3n) is 0.196. The van der Waals surface area contributed by atoms with Gasteiger partial charge in [-0.05, 0) is 0 Å². The maximum atomic E-state index is 9.53. The van der Waals surface area contributed by atoms with Crippen molar-refractivity contribution in [3.8, 4) is 0 Å². The fourth-order valence-corrected chi connectivity index (χ4v) is 0. The third-order valence-corrected chi connectivity index (χ3v) is 1.10. The normalized spacial score (nSPS) is 13.7. The molecule has 0 aliphatic carbocycles. The molecule has 6 heavy (non-hydrogen) atoms. The lowest BCUT2D eigenvalue weighted by Gasteiger charge is -1.88. The lowest BCUT2D eigenvalue weighted by Crippen LogP contribution is -1.91. The van der Waals surface area contributed by atoms with E-state index >= 15 is 0 Å². The summed E-state index contributed by atoms with van der Waals surface area (Å²) < 4.78 is 0. The van der Waals surface area contributed by atoms with Crippen LogP contribution in [0.4, 0.5) is 4.79 Å². The summed E-state index contributed by atoms with van der Waals surface area (Å²) in [5.74, 6) is 0. The predicted molar refractivity (Wildman–Crippen MR) is 28.1 cm³/mol.